The van der Waals surface area contributed by atoms with Crippen molar-refractivity contribution < 1.29 is 14.0 Å². The molecule has 0 aliphatic carbocycles. The molecule has 7 heteroatoms. The van der Waals surface area contributed by atoms with Crippen LogP contribution in [0.5, 0.6) is 0 Å². The van der Waals surface area contributed by atoms with Crippen molar-refractivity contribution in [3.63, 3.8) is 0 Å². The molecule has 0 fully saturated rings. The Morgan fingerprint density at radius 3 is 2.75 bits per heavy atom. The number of imidazole rings is 1. The van der Waals surface area contributed by atoms with Crippen molar-refractivity contribution in [1.29, 1.82) is 0 Å². The second-order valence-electron chi connectivity index (χ2n) is 6.89. The fraction of sp³-hybridized carbons (Fsp3) is 0.381. The van der Waals surface area contributed by atoms with Gasteiger partial charge < -0.3 is 19.2 Å². The van der Waals surface area contributed by atoms with E-state index in [9.17, 15) is 9.59 Å². The quantitative estimate of drug-likeness (QED) is 0.648. The highest BCUT2D eigenvalue weighted by Crippen LogP contribution is 2.21. The molecule has 148 valence electrons. The van der Waals surface area contributed by atoms with Crippen molar-refractivity contribution in [2.75, 3.05) is 13.6 Å². The lowest BCUT2D eigenvalue weighted by atomic mass is 10.2. The normalized spacial score (nSPS) is 12.1. The first-order valence-corrected chi connectivity index (χ1v) is 9.54. The van der Waals surface area contributed by atoms with Gasteiger partial charge in [0, 0.05) is 13.6 Å². The van der Waals surface area contributed by atoms with Gasteiger partial charge in [-0.15, -0.1) is 0 Å². The van der Waals surface area contributed by atoms with Gasteiger partial charge in [0.15, 0.2) is 5.76 Å². The number of likely N-dealkylation sites (N-methyl/N-ethyl adjacent to an activating group) is 1. The number of rotatable bonds is 8. The number of carbonyl (C=O) groups is 2. The van der Waals surface area contributed by atoms with Gasteiger partial charge in [0.25, 0.3) is 5.91 Å². The average Bonchev–Trinajstić information content (AvgIpc) is 3.34. The molecule has 1 atom stereocenters. The largest absolute Gasteiger partial charge is 0.459 e. The molecule has 3 aromatic rings. The van der Waals surface area contributed by atoms with E-state index in [1.807, 2.05) is 42.8 Å². The van der Waals surface area contributed by atoms with Crippen LogP contribution in [-0.4, -0.2) is 39.9 Å². The molecule has 3 rings (SSSR count). The predicted molar refractivity (Wildman–Crippen MR) is 107 cm³/mol. The maximum absolute atomic E-state index is 12.7. The molecule has 1 N–H and O–H groups in total. The molecule has 0 unspecified atom stereocenters. The first-order valence-electron chi connectivity index (χ1n) is 9.54. The van der Waals surface area contributed by atoms with Gasteiger partial charge in [-0.1, -0.05) is 25.5 Å². The summed E-state index contributed by atoms with van der Waals surface area (Å²) in [4.78, 5) is 31.5. The molecule has 0 spiro atoms. The smallest absolute Gasteiger partial charge is 0.287 e. The number of furan rings is 1. The Morgan fingerprint density at radius 1 is 1.25 bits per heavy atom. The minimum Gasteiger partial charge on any atom is -0.459 e. The van der Waals surface area contributed by atoms with E-state index >= 15 is 0 Å². The van der Waals surface area contributed by atoms with Gasteiger partial charge in [-0.25, -0.2) is 4.98 Å². The zero-order chi connectivity index (χ0) is 20.1. The number of nitrogens with one attached hydrogen (secondary N) is 1. The molecule has 0 saturated heterocycles. The lowest BCUT2D eigenvalue weighted by Crippen LogP contribution is -2.33. The van der Waals surface area contributed by atoms with Crippen LogP contribution >= 0.6 is 0 Å². The third kappa shape index (κ3) is 4.24. The van der Waals surface area contributed by atoms with Gasteiger partial charge in [-0.2, -0.15) is 0 Å². The number of amides is 2. The predicted octanol–water partition coefficient (Wildman–Crippen LogP) is 3.38. The number of carbonyl (C=O) groups excluding carboxylic acids is 2. The summed E-state index contributed by atoms with van der Waals surface area (Å²) in [5.74, 6) is 0.577. The van der Waals surface area contributed by atoms with Crippen LogP contribution in [0.1, 0.15) is 49.1 Å². The Labute approximate surface area is 164 Å². The van der Waals surface area contributed by atoms with Gasteiger partial charge in [0.05, 0.1) is 23.3 Å². The van der Waals surface area contributed by atoms with E-state index in [1.165, 1.54) is 6.26 Å². The van der Waals surface area contributed by atoms with E-state index in [0.29, 0.717) is 5.82 Å². The van der Waals surface area contributed by atoms with Crippen LogP contribution in [0.25, 0.3) is 11.0 Å². The van der Waals surface area contributed by atoms with Gasteiger partial charge in [0.2, 0.25) is 5.91 Å². The van der Waals surface area contributed by atoms with Crippen LogP contribution in [0.3, 0.4) is 0 Å². The first-order chi connectivity index (χ1) is 13.5. The van der Waals surface area contributed by atoms with Gasteiger partial charge in [0.1, 0.15) is 12.4 Å². The highest BCUT2D eigenvalue weighted by Gasteiger charge is 2.22. The zero-order valence-electron chi connectivity index (χ0n) is 16.5. The Balaban J connectivity index is 1.86. The van der Waals surface area contributed by atoms with Gasteiger partial charge >= 0.3 is 0 Å². The summed E-state index contributed by atoms with van der Waals surface area (Å²) in [5.41, 5.74) is 1.66. The van der Waals surface area contributed by atoms with Gasteiger partial charge in [-0.3, -0.25) is 9.59 Å². The number of aromatic nitrogens is 2. The van der Waals surface area contributed by atoms with Gasteiger partial charge in [-0.05, 0) is 37.6 Å². The summed E-state index contributed by atoms with van der Waals surface area (Å²) >= 11 is 0. The summed E-state index contributed by atoms with van der Waals surface area (Å²) in [7, 11) is 1.82. The van der Waals surface area contributed by atoms with E-state index in [-0.39, 0.29) is 24.1 Å². The molecule has 7 nitrogen and oxygen atoms in total. The fourth-order valence-electron chi connectivity index (χ4n) is 3.11. The first kappa shape index (κ1) is 19.7. The highest BCUT2D eigenvalue weighted by molar-refractivity contribution is 5.91. The third-order valence-electron chi connectivity index (χ3n) is 4.73. The molecular weight excluding hydrogens is 356 g/mol. The molecule has 0 saturated carbocycles. The van der Waals surface area contributed by atoms with Crippen molar-refractivity contribution in [2.24, 2.45) is 0 Å². The van der Waals surface area contributed by atoms with Crippen LogP contribution in [0.2, 0.25) is 0 Å². The molecule has 1 aromatic carbocycles. The maximum Gasteiger partial charge on any atom is 0.287 e. The fourth-order valence-corrected chi connectivity index (χ4v) is 3.11. The number of hydrogen-bond donors (Lipinski definition) is 1. The monoisotopic (exact) mass is 382 g/mol. The van der Waals surface area contributed by atoms with Crippen LogP contribution in [0.15, 0.2) is 47.1 Å². The van der Waals surface area contributed by atoms with Crippen molar-refractivity contribution in [2.45, 2.75) is 39.3 Å². The number of nitrogens with zero attached hydrogens (tertiary/aromatic N) is 3. The molecule has 2 amide bonds. The lowest BCUT2D eigenvalue weighted by Gasteiger charge is -2.20. The molecule has 0 radical (unpaired) electrons. The molecule has 28 heavy (non-hydrogen) atoms. The van der Waals surface area contributed by atoms with E-state index in [4.69, 9.17) is 4.42 Å². The van der Waals surface area contributed by atoms with Crippen LogP contribution in [-0.2, 0) is 11.3 Å². The summed E-state index contributed by atoms with van der Waals surface area (Å²) in [6.45, 7) is 4.85. The molecule has 0 aliphatic rings. The second kappa shape index (κ2) is 8.73. The number of para-hydroxylation sites is 2. The summed E-state index contributed by atoms with van der Waals surface area (Å²) in [6.07, 6.45) is 3.46. The van der Waals surface area contributed by atoms with E-state index in [2.05, 4.69) is 17.2 Å². The Hall–Kier alpha value is -3.09. The van der Waals surface area contributed by atoms with Crippen molar-refractivity contribution >= 4 is 22.8 Å². The summed E-state index contributed by atoms with van der Waals surface area (Å²) < 4.78 is 7.04. The van der Waals surface area contributed by atoms with E-state index < -0.39 is 6.04 Å². The SMILES string of the molecule is CCCCN(C)C(=O)Cn1c([C@@H](C)NC(=O)c2ccco2)nc2ccccc21. The molecule has 2 heterocycles. The number of unbranched alkanes of at least 4 members (excludes halogenated alkanes) is 1. The van der Waals surface area contributed by atoms with Crippen LogP contribution in [0.4, 0.5) is 0 Å². The van der Waals surface area contributed by atoms with E-state index in [0.717, 1.165) is 30.4 Å². The summed E-state index contributed by atoms with van der Waals surface area (Å²) in [6, 6.07) is 10.6. The van der Waals surface area contributed by atoms with Crippen molar-refractivity contribution in [3.8, 4) is 0 Å². The highest BCUT2D eigenvalue weighted by atomic mass is 16.3. The Kier molecular flexibility index (Phi) is 6.13. The number of hydrogen-bond acceptors (Lipinski definition) is 4. The Bertz CT molecular complexity index is 946. The minimum atomic E-state index is -0.390. The Morgan fingerprint density at radius 2 is 2.04 bits per heavy atom. The molecular formula is C21H26N4O3. The van der Waals surface area contributed by atoms with Crippen LogP contribution < -0.4 is 5.32 Å². The third-order valence-corrected chi connectivity index (χ3v) is 4.73. The van der Waals surface area contributed by atoms with Crippen LogP contribution in [0, 0.1) is 0 Å². The minimum absolute atomic E-state index is 0.0161. The van der Waals surface area contributed by atoms with Crippen molar-refractivity contribution in [3.05, 3.63) is 54.2 Å². The standard InChI is InChI=1S/C21H26N4O3/c1-4-5-12-24(3)19(26)14-25-17-10-7-6-9-16(17)23-20(25)15(2)22-21(27)18-11-8-13-28-18/h6-11,13,15H,4-5,12,14H2,1-3H3,(H,22,27)/t15-/m1/s1. The summed E-state index contributed by atoms with van der Waals surface area (Å²) in [5, 5.41) is 2.90. The second-order valence-corrected chi connectivity index (χ2v) is 6.89. The molecule has 0 aliphatic heterocycles. The number of benzene rings is 1. The van der Waals surface area contributed by atoms with E-state index in [1.54, 1.807) is 17.0 Å². The molecule has 2 aromatic heterocycles. The maximum atomic E-state index is 12.7. The lowest BCUT2D eigenvalue weighted by molar-refractivity contribution is -0.130. The molecule has 0 bridgehead atoms. The topological polar surface area (TPSA) is 80.4 Å². The van der Waals surface area contributed by atoms with Crippen molar-refractivity contribution in [1.82, 2.24) is 19.8 Å². The zero-order valence-corrected chi connectivity index (χ0v) is 16.5. The average molecular weight is 382 g/mol. The number of fused-ring (bicyclic) bond motifs is 1.